The maximum Gasteiger partial charge on any atom is 0.220 e. The topological polar surface area (TPSA) is 29.1 Å². The third-order valence-electron chi connectivity index (χ3n) is 2.93. The first-order valence-electron chi connectivity index (χ1n) is 6.15. The minimum Gasteiger partial charge on any atom is -0.352 e. The summed E-state index contributed by atoms with van der Waals surface area (Å²) in [5.41, 5.74) is 1.15. The Morgan fingerprint density at radius 2 is 1.94 bits per heavy atom. The Bertz CT molecular complexity index is 555. The molecule has 0 aliphatic carbocycles. The number of carbonyl (C=O) groups is 1. The van der Waals surface area contributed by atoms with E-state index >= 15 is 0 Å². The largest absolute Gasteiger partial charge is 0.352 e. The summed E-state index contributed by atoms with van der Waals surface area (Å²) in [7, 11) is 0. The Morgan fingerprint density at radius 1 is 1.17 bits per heavy atom. The van der Waals surface area contributed by atoms with Crippen LogP contribution in [0.4, 0.5) is 0 Å². The number of benzene rings is 2. The van der Waals surface area contributed by atoms with Gasteiger partial charge in [-0.05, 0) is 22.8 Å². The van der Waals surface area contributed by atoms with Crippen LogP contribution in [0.3, 0.4) is 0 Å². The molecule has 1 N–H and O–H groups in total. The molecule has 0 saturated heterocycles. The Kier molecular flexibility index (Phi) is 4.13. The molecule has 2 rings (SSSR count). The van der Waals surface area contributed by atoms with E-state index in [-0.39, 0.29) is 5.91 Å². The molecule has 2 aromatic carbocycles. The number of fused-ring (bicyclic) bond motifs is 1. The minimum atomic E-state index is 0.0721. The molecular weight excluding hydrogens is 222 g/mol. The lowest BCUT2D eigenvalue weighted by Crippen LogP contribution is -2.22. The van der Waals surface area contributed by atoms with Gasteiger partial charge < -0.3 is 5.32 Å². The lowest BCUT2D eigenvalue weighted by molar-refractivity contribution is -0.121. The summed E-state index contributed by atoms with van der Waals surface area (Å²) in [6.45, 7) is 4.19. The molecule has 0 aliphatic rings. The molecule has 92 valence electrons. The van der Waals surface area contributed by atoms with Crippen molar-refractivity contribution in [1.82, 2.24) is 5.32 Å². The van der Waals surface area contributed by atoms with Crippen LogP contribution in [-0.2, 0) is 11.3 Å². The smallest absolute Gasteiger partial charge is 0.220 e. The molecule has 2 aromatic rings. The highest BCUT2D eigenvalue weighted by Crippen LogP contribution is 2.18. The van der Waals surface area contributed by atoms with Crippen LogP contribution in [0.25, 0.3) is 10.8 Å². The van der Waals surface area contributed by atoms with Crippen molar-refractivity contribution in [3.05, 3.63) is 60.7 Å². The van der Waals surface area contributed by atoms with Gasteiger partial charge in [-0.1, -0.05) is 48.5 Å². The summed E-state index contributed by atoms with van der Waals surface area (Å²) in [4.78, 5) is 11.6. The monoisotopic (exact) mass is 239 g/mol. The molecule has 0 bridgehead atoms. The highest BCUT2D eigenvalue weighted by atomic mass is 16.1. The van der Waals surface area contributed by atoms with Crippen molar-refractivity contribution >= 4 is 16.7 Å². The summed E-state index contributed by atoms with van der Waals surface area (Å²) in [6, 6.07) is 14.4. The zero-order valence-electron chi connectivity index (χ0n) is 10.4. The fraction of sp³-hybridized carbons (Fsp3) is 0.188. The second-order valence-corrected chi connectivity index (χ2v) is 4.24. The molecule has 0 atom stereocenters. The van der Waals surface area contributed by atoms with Gasteiger partial charge in [0.05, 0.1) is 0 Å². The van der Waals surface area contributed by atoms with Gasteiger partial charge in [0.25, 0.3) is 0 Å². The van der Waals surface area contributed by atoms with Crippen LogP contribution in [0, 0.1) is 0 Å². The molecule has 1 amide bonds. The van der Waals surface area contributed by atoms with Crippen LogP contribution in [-0.4, -0.2) is 5.91 Å². The number of amides is 1. The highest BCUT2D eigenvalue weighted by molar-refractivity contribution is 5.86. The van der Waals surface area contributed by atoms with Crippen LogP contribution in [0.5, 0.6) is 0 Å². The predicted molar refractivity (Wildman–Crippen MR) is 75.2 cm³/mol. The number of hydrogen-bond acceptors (Lipinski definition) is 1. The van der Waals surface area contributed by atoms with Crippen molar-refractivity contribution < 1.29 is 4.79 Å². The van der Waals surface area contributed by atoms with Crippen molar-refractivity contribution in [3.8, 4) is 0 Å². The van der Waals surface area contributed by atoms with E-state index in [1.165, 1.54) is 10.8 Å². The van der Waals surface area contributed by atoms with E-state index in [1.807, 2.05) is 18.2 Å². The van der Waals surface area contributed by atoms with E-state index in [4.69, 9.17) is 0 Å². The Hall–Kier alpha value is -2.09. The summed E-state index contributed by atoms with van der Waals surface area (Å²) in [5, 5.41) is 5.34. The second-order valence-electron chi connectivity index (χ2n) is 4.24. The van der Waals surface area contributed by atoms with E-state index in [0.29, 0.717) is 13.0 Å². The van der Waals surface area contributed by atoms with Crippen molar-refractivity contribution in [2.24, 2.45) is 0 Å². The van der Waals surface area contributed by atoms with Crippen molar-refractivity contribution in [2.45, 2.75) is 19.4 Å². The quantitative estimate of drug-likeness (QED) is 0.796. The lowest BCUT2D eigenvalue weighted by Gasteiger charge is -2.08. The molecule has 0 fully saturated rings. The highest BCUT2D eigenvalue weighted by Gasteiger charge is 2.02. The summed E-state index contributed by atoms with van der Waals surface area (Å²) >= 11 is 0. The van der Waals surface area contributed by atoms with Gasteiger partial charge in [-0.15, -0.1) is 6.58 Å². The van der Waals surface area contributed by atoms with Gasteiger partial charge in [0.1, 0.15) is 0 Å². The maximum atomic E-state index is 11.6. The van der Waals surface area contributed by atoms with E-state index in [1.54, 1.807) is 6.08 Å². The average molecular weight is 239 g/mol. The Labute approximate surface area is 107 Å². The zero-order valence-corrected chi connectivity index (χ0v) is 10.4. The summed E-state index contributed by atoms with van der Waals surface area (Å²) in [5.74, 6) is 0.0721. The van der Waals surface area contributed by atoms with Crippen LogP contribution in [0.2, 0.25) is 0 Å². The molecule has 0 aliphatic heterocycles. The number of hydrogen-bond donors (Lipinski definition) is 1. The van der Waals surface area contributed by atoms with E-state index in [2.05, 4.69) is 36.2 Å². The van der Waals surface area contributed by atoms with Crippen molar-refractivity contribution in [3.63, 3.8) is 0 Å². The summed E-state index contributed by atoms with van der Waals surface area (Å²) in [6.07, 6.45) is 2.99. The SMILES string of the molecule is C=CCCC(=O)NCc1cccc2ccccc12. The first kappa shape index (κ1) is 12.4. The van der Waals surface area contributed by atoms with Gasteiger partial charge in [0.2, 0.25) is 5.91 Å². The molecular formula is C16H17NO. The molecule has 0 aromatic heterocycles. The molecule has 0 unspecified atom stereocenters. The Balaban J connectivity index is 2.08. The van der Waals surface area contributed by atoms with E-state index in [9.17, 15) is 4.79 Å². The van der Waals surface area contributed by atoms with Crippen LogP contribution < -0.4 is 5.32 Å². The van der Waals surface area contributed by atoms with Gasteiger partial charge in [-0.3, -0.25) is 4.79 Å². The number of carbonyl (C=O) groups excluding carboxylic acids is 1. The van der Waals surface area contributed by atoms with Gasteiger partial charge >= 0.3 is 0 Å². The van der Waals surface area contributed by atoms with Crippen molar-refractivity contribution in [1.29, 1.82) is 0 Å². The number of rotatable bonds is 5. The second kappa shape index (κ2) is 6.01. The number of allylic oxidation sites excluding steroid dienone is 1. The normalized spacial score (nSPS) is 10.2. The van der Waals surface area contributed by atoms with E-state index < -0.39 is 0 Å². The first-order chi connectivity index (χ1) is 8.81. The fourth-order valence-electron chi connectivity index (χ4n) is 1.96. The molecule has 0 heterocycles. The van der Waals surface area contributed by atoms with Gasteiger partial charge in [-0.2, -0.15) is 0 Å². The average Bonchev–Trinajstić information content (AvgIpc) is 2.42. The van der Waals surface area contributed by atoms with Crippen LogP contribution >= 0.6 is 0 Å². The molecule has 0 saturated carbocycles. The van der Waals surface area contributed by atoms with Crippen LogP contribution in [0.1, 0.15) is 18.4 Å². The lowest BCUT2D eigenvalue weighted by atomic mass is 10.0. The predicted octanol–water partition coefficient (Wildman–Crippen LogP) is 3.42. The fourth-order valence-corrected chi connectivity index (χ4v) is 1.96. The molecule has 2 nitrogen and oxygen atoms in total. The van der Waals surface area contributed by atoms with Gasteiger partial charge in [0, 0.05) is 13.0 Å². The first-order valence-corrected chi connectivity index (χ1v) is 6.15. The van der Waals surface area contributed by atoms with E-state index in [0.717, 1.165) is 12.0 Å². The molecule has 0 radical (unpaired) electrons. The van der Waals surface area contributed by atoms with Gasteiger partial charge in [-0.25, -0.2) is 0 Å². The Morgan fingerprint density at radius 3 is 2.78 bits per heavy atom. The third-order valence-corrected chi connectivity index (χ3v) is 2.93. The minimum absolute atomic E-state index is 0.0721. The zero-order chi connectivity index (χ0) is 12.8. The molecule has 18 heavy (non-hydrogen) atoms. The summed E-state index contributed by atoms with van der Waals surface area (Å²) < 4.78 is 0. The molecule has 2 heteroatoms. The van der Waals surface area contributed by atoms with Gasteiger partial charge in [0.15, 0.2) is 0 Å². The van der Waals surface area contributed by atoms with Crippen LogP contribution in [0.15, 0.2) is 55.1 Å². The maximum absolute atomic E-state index is 11.6. The third kappa shape index (κ3) is 2.98. The number of nitrogens with one attached hydrogen (secondary N) is 1. The molecule has 0 spiro atoms. The van der Waals surface area contributed by atoms with Crippen molar-refractivity contribution in [2.75, 3.05) is 0 Å². The standard InChI is InChI=1S/C16H17NO/c1-2-3-11-16(18)17-12-14-9-6-8-13-7-4-5-10-15(13)14/h2,4-10H,1,3,11-12H2,(H,17,18).